The highest BCUT2D eigenvalue weighted by Crippen LogP contribution is 2.30. The number of anilines is 5. The quantitative estimate of drug-likeness (QED) is 0.464. The average molecular weight is 421 g/mol. The minimum Gasteiger partial charge on any atom is -0.462 e. The van der Waals surface area contributed by atoms with Gasteiger partial charge in [-0.25, -0.2) is 19.6 Å². The zero-order valence-electron chi connectivity index (χ0n) is 17.2. The number of aromatic nitrogens is 2. The van der Waals surface area contributed by atoms with E-state index >= 15 is 0 Å². The van der Waals surface area contributed by atoms with E-state index in [1.165, 1.54) is 6.33 Å². The van der Waals surface area contributed by atoms with Crippen molar-refractivity contribution in [3.63, 3.8) is 0 Å². The Balaban J connectivity index is 1.90. The van der Waals surface area contributed by atoms with Crippen LogP contribution in [0.2, 0.25) is 0 Å². The van der Waals surface area contributed by atoms with Crippen molar-refractivity contribution in [1.82, 2.24) is 9.97 Å². The number of hydrogen-bond donors (Lipinski definition) is 3. The number of nitrogens with zero attached hydrogens (tertiary/aromatic N) is 2. The molecule has 0 radical (unpaired) electrons. The fraction of sp³-hybridized carbons (Fsp3) is 0.182. The molecule has 0 aliphatic rings. The van der Waals surface area contributed by atoms with Gasteiger partial charge in [-0.15, -0.1) is 0 Å². The number of nitrogens with two attached hydrogens (primary N) is 1. The normalized spacial score (nSPS) is 10.3. The second kappa shape index (κ2) is 10.1. The molecule has 0 atom stereocenters. The third-order valence-corrected chi connectivity index (χ3v) is 4.23. The standard InChI is InChI=1S/C22H23N5O4/c1-3-30-21(28)14-9-5-7-11-16(14)26-19-18(23)20(25-13-24-19)27-17-12-8-6-10-15(17)22(29)31-4-2/h5-13H,3-4,23H2,1-2H3,(H2,24,25,26,27). The molecule has 1 aromatic heterocycles. The summed E-state index contributed by atoms with van der Waals surface area (Å²) in [5.41, 5.74) is 8.16. The predicted molar refractivity (Wildman–Crippen MR) is 118 cm³/mol. The number of carbonyl (C=O) groups excluding carboxylic acids is 2. The van der Waals surface area contributed by atoms with E-state index < -0.39 is 11.9 Å². The van der Waals surface area contributed by atoms with Gasteiger partial charge in [-0.2, -0.15) is 0 Å². The molecule has 0 saturated heterocycles. The summed E-state index contributed by atoms with van der Waals surface area (Å²) in [6, 6.07) is 13.8. The first-order valence-electron chi connectivity index (χ1n) is 9.72. The molecule has 2 aromatic carbocycles. The number of nitrogen functional groups attached to an aromatic ring is 1. The topological polar surface area (TPSA) is 128 Å². The van der Waals surface area contributed by atoms with Crippen LogP contribution in [0.1, 0.15) is 34.6 Å². The Hall–Kier alpha value is -4.14. The van der Waals surface area contributed by atoms with Crippen molar-refractivity contribution < 1.29 is 19.1 Å². The molecular formula is C22H23N5O4. The van der Waals surface area contributed by atoms with E-state index in [1.807, 2.05) is 0 Å². The fourth-order valence-corrected chi connectivity index (χ4v) is 2.81. The summed E-state index contributed by atoms with van der Waals surface area (Å²) >= 11 is 0. The Morgan fingerprint density at radius 3 is 1.65 bits per heavy atom. The lowest BCUT2D eigenvalue weighted by molar-refractivity contribution is 0.0518. The first kappa shape index (κ1) is 21.6. The van der Waals surface area contributed by atoms with E-state index in [9.17, 15) is 9.59 Å². The molecule has 1 heterocycles. The van der Waals surface area contributed by atoms with Crippen molar-refractivity contribution in [1.29, 1.82) is 0 Å². The van der Waals surface area contributed by atoms with Gasteiger partial charge in [-0.1, -0.05) is 24.3 Å². The van der Waals surface area contributed by atoms with E-state index in [2.05, 4.69) is 20.6 Å². The van der Waals surface area contributed by atoms with Crippen LogP contribution in [0.5, 0.6) is 0 Å². The number of para-hydroxylation sites is 2. The predicted octanol–water partition coefficient (Wildman–Crippen LogP) is 3.90. The maximum atomic E-state index is 12.2. The number of ether oxygens (including phenoxy) is 2. The third kappa shape index (κ3) is 5.08. The molecule has 31 heavy (non-hydrogen) atoms. The molecule has 9 nitrogen and oxygen atoms in total. The van der Waals surface area contributed by atoms with Gasteiger partial charge in [0, 0.05) is 0 Å². The van der Waals surface area contributed by atoms with Crippen molar-refractivity contribution in [3.05, 3.63) is 66.0 Å². The van der Waals surface area contributed by atoms with Crippen LogP contribution in [-0.4, -0.2) is 35.1 Å². The molecule has 0 aliphatic heterocycles. The molecule has 0 spiro atoms. The summed E-state index contributed by atoms with van der Waals surface area (Å²) in [4.78, 5) is 32.8. The van der Waals surface area contributed by atoms with Crippen LogP contribution < -0.4 is 16.4 Å². The van der Waals surface area contributed by atoms with Crippen LogP contribution in [0.15, 0.2) is 54.9 Å². The van der Waals surface area contributed by atoms with Crippen LogP contribution in [-0.2, 0) is 9.47 Å². The molecule has 160 valence electrons. The second-order valence-corrected chi connectivity index (χ2v) is 6.27. The molecular weight excluding hydrogens is 398 g/mol. The molecule has 0 unspecified atom stereocenters. The third-order valence-electron chi connectivity index (χ3n) is 4.23. The van der Waals surface area contributed by atoms with Gasteiger partial charge in [0.15, 0.2) is 11.6 Å². The Morgan fingerprint density at radius 1 is 0.806 bits per heavy atom. The SMILES string of the molecule is CCOC(=O)c1ccccc1Nc1ncnc(Nc2ccccc2C(=O)OCC)c1N. The van der Waals surface area contributed by atoms with Crippen LogP contribution in [0, 0.1) is 0 Å². The van der Waals surface area contributed by atoms with Gasteiger partial charge >= 0.3 is 11.9 Å². The lowest BCUT2D eigenvalue weighted by Gasteiger charge is -2.15. The Morgan fingerprint density at radius 2 is 1.23 bits per heavy atom. The van der Waals surface area contributed by atoms with E-state index in [-0.39, 0.29) is 18.9 Å². The monoisotopic (exact) mass is 421 g/mol. The smallest absolute Gasteiger partial charge is 0.340 e. The van der Waals surface area contributed by atoms with Gasteiger partial charge in [-0.3, -0.25) is 0 Å². The zero-order chi connectivity index (χ0) is 22.2. The number of hydrogen-bond acceptors (Lipinski definition) is 9. The van der Waals surface area contributed by atoms with Crippen molar-refractivity contribution in [2.45, 2.75) is 13.8 Å². The Bertz CT molecular complexity index is 1010. The molecule has 9 heteroatoms. The van der Waals surface area contributed by atoms with Crippen LogP contribution in [0.3, 0.4) is 0 Å². The van der Waals surface area contributed by atoms with Crippen LogP contribution in [0.4, 0.5) is 28.7 Å². The molecule has 0 amide bonds. The number of carbonyl (C=O) groups is 2. The highest BCUT2D eigenvalue weighted by atomic mass is 16.5. The molecule has 4 N–H and O–H groups in total. The number of rotatable bonds is 8. The van der Waals surface area contributed by atoms with Gasteiger partial charge in [0.05, 0.1) is 35.7 Å². The summed E-state index contributed by atoms with van der Waals surface area (Å²) in [6.07, 6.45) is 1.32. The lowest BCUT2D eigenvalue weighted by Crippen LogP contribution is -2.11. The second-order valence-electron chi connectivity index (χ2n) is 6.27. The summed E-state index contributed by atoms with van der Waals surface area (Å²) < 4.78 is 10.2. The summed E-state index contributed by atoms with van der Waals surface area (Å²) in [6.45, 7) is 4.00. The molecule has 3 rings (SSSR count). The van der Waals surface area contributed by atoms with Gasteiger partial charge < -0.3 is 25.8 Å². The maximum Gasteiger partial charge on any atom is 0.340 e. The van der Waals surface area contributed by atoms with Crippen LogP contribution >= 0.6 is 0 Å². The maximum absolute atomic E-state index is 12.2. The first-order chi connectivity index (χ1) is 15.0. The summed E-state index contributed by atoms with van der Waals surface area (Å²) in [7, 11) is 0. The van der Waals surface area contributed by atoms with Gasteiger partial charge in [0.1, 0.15) is 12.0 Å². The number of esters is 2. The summed E-state index contributed by atoms with van der Waals surface area (Å²) in [5, 5.41) is 6.11. The van der Waals surface area contributed by atoms with Crippen molar-refractivity contribution >= 4 is 40.6 Å². The fourth-order valence-electron chi connectivity index (χ4n) is 2.81. The van der Waals surface area contributed by atoms with Crippen molar-refractivity contribution in [2.24, 2.45) is 0 Å². The molecule has 0 bridgehead atoms. The Labute approximate surface area is 179 Å². The van der Waals surface area contributed by atoms with E-state index in [0.717, 1.165) is 0 Å². The minimum atomic E-state index is -0.458. The average Bonchev–Trinajstić information content (AvgIpc) is 2.77. The molecule has 0 aliphatic carbocycles. The van der Waals surface area contributed by atoms with Crippen molar-refractivity contribution in [2.75, 3.05) is 29.6 Å². The van der Waals surface area contributed by atoms with E-state index in [4.69, 9.17) is 15.2 Å². The first-order valence-corrected chi connectivity index (χ1v) is 9.72. The summed E-state index contributed by atoms with van der Waals surface area (Å²) in [5.74, 6) is -0.328. The number of benzene rings is 2. The van der Waals surface area contributed by atoms with Crippen molar-refractivity contribution in [3.8, 4) is 0 Å². The van der Waals surface area contributed by atoms with Gasteiger partial charge in [0.25, 0.3) is 0 Å². The molecule has 3 aromatic rings. The molecule has 0 fully saturated rings. The highest BCUT2D eigenvalue weighted by molar-refractivity contribution is 5.98. The largest absolute Gasteiger partial charge is 0.462 e. The molecule has 0 saturated carbocycles. The highest BCUT2D eigenvalue weighted by Gasteiger charge is 2.17. The van der Waals surface area contributed by atoms with E-state index in [1.54, 1.807) is 62.4 Å². The Kier molecular flexibility index (Phi) is 7.00. The zero-order valence-corrected chi connectivity index (χ0v) is 17.2. The number of nitrogens with one attached hydrogen (secondary N) is 2. The van der Waals surface area contributed by atoms with Gasteiger partial charge in [0.2, 0.25) is 0 Å². The minimum absolute atomic E-state index is 0.208. The van der Waals surface area contributed by atoms with Gasteiger partial charge in [-0.05, 0) is 38.1 Å². The van der Waals surface area contributed by atoms with E-state index in [0.29, 0.717) is 34.1 Å². The lowest BCUT2D eigenvalue weighted by atomic mass is 10.1. The van der Waals surface area contributed by atoms with Crippen LogP contribution in [0.25, 0.3) is 0 Å².